The van der Waals surface area contributed by atoms with Gasteiger partial charge in [-0.2, -0.15) is 0 Å². The molecule has 7 nitrogen and oxygen atoms in total. The van der Waals surface area contributed by atoms with E-state index in [1.165, 1.54) is 20.3 Å². The molecule has 0 radical (unpaired) electrons. The van der Waals surface area contributed by atoms with Gasteiger partial charge in [0.2, 0.25) is 0 Å². The summed E-state index contributed by atoms with van der Waals surface area (Å²) in [5.74, 6) is -5.63. The molecular formula is C18H13F3N2O5S. The van der Waals surface area contributed by atoms with Gasteiger partial charge >= 0.3 is 5.97 Å². The number of aromatic nitrogens is 1. The number of carbonyl (C=O) groups is 2. The van der Waals surface area contributed by atoms with Crippen molar-refractivity contribution in [1.29, 1.82) is 0 Å². The number of halogens is 3. The number of carbonyl (C=O) groups excluding carboxylic acids is 2. The van der Waals surface area contributed by atoms with Crippen LogP contribution in [0.15, 0.2) is 24.3 Å². The number of benzene rings is 2. The van der Waals surface area contributed by atoms with E-state index >= 15 is 0 Å². The Morgan fingerprint density at radius 1 is 1.14 bits per heavy atom. The van der Waals surface area contributed by atoms with Crippen LogP contribution < -0.4 is 14.8 Å². The molecule has 0 atom stereocenters. The van der Waals surface area contributed by atoms with E-state index in [0.717, 1.165) is 17.4 Å². The number of para-hydroxylation sites is 1. The summed E-state index contributed by atoms with van der Waals surface area (Å²) in [6.07, 6.45) is 0. The quantitative estimate of drug-likeness (QED) is 0.479. The van der Waals surface area contributed by atoms with Crippen LogP contribution in [0.1, 0.15) is 10.4 Å². The molecule has 11 heteroatoms. The molecule has 2 aromatic carbocycles. The number of hydrogen-bond donors (Lipinski definition) is 1. The molecule has 1 N–H and O–H groups in total. The highest BCUT2D eigenvalue weighted by atomic mass is 32.1. The second kappa shape index (κ2) is 8.35. The molecule has 152 valence electrons. The molecule has 0 aliphatic rings. The maximum atomic E-state index is 13.7. The number of anilines is 1. The summed E-state index contributed by atoms with van der Waals surface area (Å²) in [6.45, 7) is -0.680. The van der Waals surface area contributed by atoms with E-state index in [-0.39, 0.29) is 21.1 Å². The first-order valence-electron chi connectivity index (χ1n) is 7.97. The molecule has 29 heavy (non-hydrogen) atoms. The van der Waals surface area contributed by atoms with Crippen molar-refractivity contribution in [1.82, 2.24) is 4.98 Å². The van der Waals surface area contributed by atoms with Gasteiger partial charge in [-0.1, -0.05) is 17.4 Å². The lowest BCUT2D eigenvalue weighted by molar-refractivity contribution is -0.119. The van der Waals surface area contributed by atoms with E-state index in [1.54, 1.807) is 12.1 Å². The van der Waals surface area contributed by atoms with Gasteiger partial charge in [0, 0.05) is 0 Å². The minimum absolute atomic E-state index is 0.00908. The Balaban J connectivity index is 1.68. The molecule has 0 aliphatic heterocycles. The van der Waals surface area contributed by atoms with Crippen molar-refractivity contribution in [3.63, 3.8) is 0 Å². The summed E-state index contributed by atoms with van der Waals surface area (Å²) in [5, 5.41) is 2.17. The van der Waals surface area contributed by atoms with E-state index in [4.69, 9.17) is 14.2 Å². The smallest absolute Gasteiger partial charge is 0.342 e. The predicted octanol–water partition coefficient (Wildman–Crippen LogP) is 3.53. The fourth-order valence-electron chi connectivity index (χ4n) is 2.44. The molecule has 0 bridgehead atoms. The van der Waals surface area contributed by atoms with Gasteiger partial charge in [-0.25, -0.2) is 22.9 Å². The van der Waals surface area contributed by atoms with E-state index in [2.05, 4.69) is 10.3 Å². The topological polar surface area (TPSA) is 86.8 Å². The molecule has 0 spiro atoms. The Hall–Kier alpha value is -3.34. The second-order valence-electron chi connectivity index (χ2n) is 5.52. The molecule has 0 fully saturated rings. The number of ether oxygens (including phenoxy) is 3. The minimum atomic E-state index is -1.65. The maximum absolute atomic E-state index is 13.7. The van der Waals surface area contributed by atoms with E-state index in [9.17, 15) is 22.8 Å². The van der Waals surface area contributed by atoms with Crippen LogP contribution in [0.2, 0.25) is 0 Å². The van der Waals surface area contributed by atoms with Gasteiger partial charge in [0.25, 0.3) is 5.91 Å². The molecular weight excluding hydrogens is 413 g/mol. The average Bonchev–Trinajstić information content (AvgIpc) is 3.11. The highest BCUT2D eigenvalue weighted by Crippen LogP contribution is 2.32. The predicted molar refractivity (Wildman–Crippen MR) is 98.0 cm³/mol. The van der Waals surface area contributed by atoms with Crippen LogP contribution >= 0.6 is 11.3 Å². The van der Waals surface area contributed by atoms with Gasteiger partial charge in [0.1, 0.15) is 11.1 Å². The zero-order valence-electron chi connectivity index (χ0n) is 15.0. The SMILES string of the molecule is COc1cccc(C(=O)OCC(=O)Nc2nc3c(F)c(F)c(F)cc3s2)c1OC. The van der Waals surface area contributed by atoms with Crippen LogP contribution in [0.5, 0.6) is 11.5 Å². The normalized spacial score (nSPS) is 10.7. The lowest BCUT2D eigenvalue weighted by Gasteiger charge is -2.11. The van der Waals surface area contributed by atoms with E-state index < -0.39 is 41.5 Å². The number of methoxy groups -OCH3 is 2. The van der Waals surface area contributed by atoms with Crippen molar-refractivity contribution >= 4 is 38.6 Å². The third kappa shape index (κ3) is 4.09. The average molecular weight is 426 g/mol. The first-order valence-corrected chi connectivity index (χ1v) is 8.79. The van der Waals surface area contributed by atoms with Gasteiger partial charge in [-0.3, -0.25) is 10.1 Å². The lowest BCUT2D eigenvalue weighted by Crippen LogP contribution is -2.21. The van der Waals surface area contributed by atoms with Crippen LogP contribution in [0, 0.1) is 17.5 Å². The summed E-state index contributed by atoms with van der Waals surface area (Å²) in [4.78, 5) is 27.9. The largest absolute Gasteiger partial charge is 0.493 e. The summed E-state index contributed by atoms with van der Waals surface area (Å²) in [5.41, 5.74) is -0.366. The lowest BCUT2D eigenvalue weighted by atomic mass is 10.2. The second-order valence-corrected chi connectivity index (χ2v) is 6.55. The van der Waals surface area contributed by atoms with Crippen molar-refractivity contribution < 1.29 is 37.0 Å². The van der Waals surface area contributed by atoms with Gasteiger partial charge in [0.15, 0.2) is 40.7 Å². The molecule has 1 amide bonds. The number of nitrogens with one attached hydrogen (secondary N) is 1. The number of fused-ring (bicyclic) bond motifs is 1. The molecule has 0 aliphatic carbocycles. The standard InChI is InChI=1S/C18H13F3N2O5S/c1-26-10-5-3-4-8(16(10)27-2)17(25)28-7-12(24)22-18-23-15-11(29-18)6-9(19)13(20)14(15)21/h3-6H,7H2,1-2H3,(H,22,23,24). The highest BCUT2D eigenvalue weighted by molar-refractivity contribution is 7.22. The van der Waals surface area contributed by atoms with Crippen molar-refractivity contribution in [2.75, 3.05) is 26.1 Å². The zero-order chi connectivity index (χ0) is 21.1. The zero-order valence-corrected chi connectivity index (χ0v) is 15.9. The molecule has 0 unspecified atom stereocenters. The number of hydrogen-bond acceptors (Lipinski definition) is 7. The summed E-state index contributed by atoms with van der Waals surface area (Å²) < 4.78 is 55.4. The number of esters is 1. The van der Waals surface area contributed by atoms with E-state index in [0.29, 0.717) is 5.75 Å². The van der Waals surface area contributed by atoms with Crippen LogP contribution in [0.4, 0.5) is 18.3 Å². The number of nitrogens with zero attached hydrogens (tertiary/aromatic N) is 1. The van der Waals surface area contributed by atoms with Gasteiger partial charge in [-0.05, 0) is 18.2 Å². The summed E-state index contributed by atoms with van der Waals surface area (Å²) >= 11 is 0.738. The van der Waals surface area contributed by atoms with Crippen molar-refractivity contribution in [3.05, 3.63) is 47.3 Å². The van der Waals surface area contributed by atoms with Gasteiger partial charge in [0.05, 0.1) is 18.9 Å². The fraction of sp³-hybridized carbons (Fsp3) is 0.167. The Bertz CT molecular complexity index is 1100. The maximum Gasteiger partial charge on any atom is 0.342 e. The van der Waals surface area contributed by atoms with E-state index in [1.807, 2.05) is 0 Å². The van der Waals surface area contributed by atoms with Crippen LogP contribution in [0.25, 0.3) is 10.2 Å². The fourth-order valence-corrected chi connectivity index (χ4v) is 3.34. The summed E-state index contributed by atoms with van der Waals surface area (Å²) in [6, 6.07) is 5.34. The first kappa shape index (κ1) is 20.4. The van der Waals surface area contributed by atoms with Gasteiger partial charge in [-0.15, -0.1) is 0 Å². The molecule has 1 aromatic heterocycles. The van der Waals surface area contributed by atoms with Crippen molar-refractivity contribution in [2.45, 2.75) is 0 Å². The molecule has 0 saturated heterocycles. The minimum Gasteiger partial charge on any atom is -0.493 e. The Kier molecular flexibility index (Phi) is 5.87. The number of rotatable bonds is 6. The highest BCUT2D eigenvalue weighted by Gasteiger charge is 2.20. The Morgan fingerprint density at radius 3 is 2.59 bits per heavy atom. The Morgan fingerprint density at radius 2 is 1.90 bits per heavy atom. The van der Waals surface area contributed by atoms with Crippen molar-refractivity contribution in [3.8, 4) is 11.5 Å². The monoisotopic (exact) mass is 426 g/mol. The number of amides is 1. The van der Waals surface area contributed by atoms with Gasteiger partial charge < -0.3 is 14.2 Å². The molecule has 3 aromatic rings. The Labute approximate surface area is 166 Å². The molecule has 1 heterocycles. The van der Waals surface area contributed by atoms with Crippen LogP contribution in [-0.4, -0.2) is 37.7 Å². The molecule has 3 rings (SSSR count). The first-order chi connectivity index (χ1) is 13.8. The third-order valence-corrected chi connectivity index (χ3v) is 4.64. The van der Waals surface area contributed by atoms with Crippen LogP contribution in [0.3, 0.4) is 0 Å². The molecule has 0 saturated carbocycles. The number of thiazole rings is 1. The third-order valence-electron chi connectivity index (χ3n) is 3.73. The van der Waals surface area contributed by atoms with Crippen LogP contribution in [-0.2, 0) is 9.53 Å². The summed E-state index contributed by atoms with van der Waals surface area (Å²) in [7, 11) is 2.75. The van der Waals surface area contributed by atoms with Crippen molar-refractivity contribution in [2.24, 2.45) is 0 Å².